The number of nitrogens with zero attached hydrogens (tertiary/aromatic N) is 1. The van der Waals surface area contributed by atoms with Crippen LogP contribution in [0.1, 0.15) is 61.4 Å². The van der Waals surface area contributed by atoms with Crippen molar-refractivity contribution in [1.82, 2.24) is 15.5 Å². The summed E-state index contributed by atoms with van der Waals surface area (Å²) in [5.41, 5.74) is 1.40. The summed E-state index contributed by atoms with van der Waals surface area (Å²) in [6.45, 7) is 5.53. The van der Waals surface area contributed by atoms with Gasteiger partial charge in [0, 0.05) is 13.1 Å². The zero-order valence-corrected chi connectivity index (χ0v) is 21.6. The quantitative estimate of drug-likeness (QED) is 0.671. The fourth-order valence-electron chi connectivity index (χ4n) is 5.23. The van der Waals surface area contributed by atoms with Crippen molar-refractivity contribution in [1.29, 1.82) is 0 Å². The topological polar surface area (TPSA) is 79.9 Å². The summed E-state index contributed by atoms with van der Waals surface area (Å²) in [6.07, 6.45) is 5.40. The van der Waals surface area contributed by atoms with Crippen molar-refractivity contribution in [2.24, 2.45) is 5.41 Å². The molecule has 4 rings (SSSR count). The molecule has 1 atom stereocenters. The van der Waals surface area contributed by atoms with E-state index in [1.165, 1.54) is 5.56 Å². The number of piperidine rings is 1. The van der Waals surface area contributed by atoms with E-state index < -0.39 is 0 Å². The predicted octanol–water partition coefficient (Wildman–Crippen LogP) is 4.16. The summed E-state index contributed by atoms with van der Waals surface area (Å²) in [5, 5.41) is 6.25. The zero-order chi connectivity index (χ0) is 25.4. The lowest BCUT2D eigenvalue weighted by molar-refractivity contribution is -0.135. The van der Waals surface area contributed by atoms with E-state index in [-0.39, 0.29) is 23.3 Å². The molecule has 2 heterocycles. The molecule has 0 aromatic heterocycles. The highest BCUT2D eigenvalue weighted by molar-refractivity contribution is 5.96. The van der Waals surface area contributed by atoms with E-state index in [1.54, 1.807) is 19.2 Å². The number of rotatable bonds is 3. The van der Waals surface area contributed by atoms with Gasteiger partial charge in [-0.05, 0) is 75.5 Å². The van der Waals surface area contributed by atoms with E-state index in [0.29, 0.717) is 24.5 Å². The number of hydrogen-bond donors (Lipinski definition) is 2. The number of benzene rings is 2. The summed E-state index contributed by atoms with van der Waals surface area (Å²) in [5.74, 6) is 1.44. The highest BCUT2D eigenvalue weighted by Crippen LogP contribution is 2.38. The van der Waals surface area contributed by atoms with E-state index in [4.69, 9.17) is 9.47 Å². The zero-order valence-electron chi connectivity index (χ0n) is 21.6. The molecule has 1 spiro atoms. The Labute approximate surface area is 214 Å². The first-order valence-corrected chi connectivity index (χ1v) is 13.2. The molecule has 1 fully saturated rings. The second-order valence-electron chi connectivity index (χ2n) is 10.2. The monoisotopic (exact) mass is 493 g/mol. The summed E-state index contributed by atoms with van der Waals surface area (Å²) in [7, 11) is 1.69. The molecular weight excluding hydrogens is 454 g/mol. The number of carbonyl (C=O) groups is 2. The maximum Gasteiger partial charge on any atom is 0.255 e. The molecule has 36 heavy (non-hydrogen) atoms. The van der Waals surface area contributed by atoms with E-state index in [1.807, 2.05) is 31.2 Å². The van der Waals surface area contributed by atoms with Crippen LogP contribution in [0.2, 0.25) is 0 Å². The van der Waals surface area contributed by atoms with Crippen LogP contribution >= 0.6 is 0 Å². The number of para-hydroxylation sites is 1. The molecule has 0 bridgehead atoms. The van der Waals surface area contributed by atoms with Crippen molar-refractivity contribution in [3.8, 4) is 11.5 Å². The Kier molecular flexibility index (Phi) is 8.86. The van der Waals surface area contributed by atoms with Crippen molar-refractivity contribution in [2.45, 2.75) is 58.0 Å². The number of likely N-dealkylation sites (tertiary alicyclic amines) is 1. The SMILES string of the molecule is COc1cccc(CN2CCC3(CCCCCNC(=O)c4ccccc4OC[C@H](C)NC3=O)CC2)c1. The number of methoxy groups -OCH3 is 1. The van der Waals surface area contributed by atoms with Crippen molar-refractivity contribution in [2.75, 3.05) is 33.4 Å². The van der Waals surface area contributed by atoms with Crippen molar-refractivity contribution in [3.05, 3.63) is 59.7 Å². The number of carbonyl (C=O) groups excluding carboxylic acids is 2. The van der Waals surface area contributed by atoms with Crippen LogP contribution in [0.5, 0.6) is 11.5 Å². The van der Waals surface area contributed by atoms with Crippen LogP contribution in [0.4, 0.5) is 0 Å². The van der Waals surface area contributed by atoms with Crippen molar-refractivity contribution < 1.29 is 19.1 Å². The molecule has 0 unspecified atom stereocenters. The van der Waals surface area contributed by atoms with Crippen LogP contribution < -0.4 is 20.1 Å². The second kappa shape index (κ2) is 12.3. The number of amides is 2. The third-order valence-corrected chi connectivity index (χ3v) is 7.45. The van der Waals surface area contributed by atoms with Crippen LogP contribution in [-0.2, 0) is 11.3 Å². The molecule has 1 saturated heterocycles. The molecule has 2 aromatic carbocycles. The third kappa shape index (κ3) is 6.58. The predicted molar refractivity (Wildman–Crippen MR) is 140 cm³/mol. The molecule has 2 N–H and O–H groups in total. The lowest BCUT2D eigenvalue weighted by Gasteiger charge is -2.41. The van der Waals surface area contributed by atoms with Gasteiger partial charge in [0.05, 0.1) is 24.1 Å². The fourth-order valence-corrected chi connectivity index (χ4v) is 5.23. The maximum absolute atomic E-state index is 13.6. The summed E-state index contributed by atoms with van der Waals surface area (Å²) in [4.78, 5) is 28.7. The summed E-state index contributed by atoms with van der Waals surface area (Å²) < 4.78 is 11.3. The standard InChI is InChI=1S/C29H39N3O4/c1-22-21-36-26-12-5-4-11-25(26)27(33)30-16-7-3-6-13-29(28(34)31-22)14-17-32(18-15-29)20-23-9-8-10-24(19-23)35-2/h4-5,8-12,19,22H,3,6-7,13-18,20-21H2,1-2H3,(H,30,33)(H,31,34)/t22-/m0/s1. The fraction of sp³-hybridized carbons (Fsp3) is 0.517. The van der Waals surface area contributed by atoms with E-state index in [9.17, 15) is 9.59 Å². The smallest absolute Gasteiger partial charge is 0.255 e. The minimum atomic E-state index is -0.361. The molecule has 2 aromatic rings. The molecule has 2 amide bonds. The Morgan fingerprint density at radius 1 is 1.03 bits per heavy atom. The number of nitrogens with one attached hydrogen (secondary N) is 2. The highest BCUT2D eigenvalue weighted by atomic mass is 16.5. The highest BCUT2D eigenvalue weighted by Gasteiger charge is 2.41. The Balaban J connectivity index is 1.42. The molecule has 0 aliphatic carbocycles. The van der Waals surface area contributed by atoms with Crippen LogP contribution in [0.15, 0.2) is 48.5 Å². The van der Waals surface area contributed by atoms with Crippen molar-refractivity contribution in [3.63, 3.8) is 0 Å². The summed E-state index contributed by atoms with van der Waals surface area (Å²) >= 11 is 0. The molecule has 0 radical (unpaired) electrons. The Morgan fingerprint density at radius 3 is 2.64 bits per heavy atom. The first-order chi connectivity index (χ1) is 17.5. The van der Waals surface area contributed by atoms with Crippen LogP contribution in [0, 0.1) is 5.41 Å². The third-order valence-electron chi connectivity index (χ3n) is 7.45. The normalized spacial score (nSPS) is 21.8. The number of fused-ring (bicyclic) bond motifs is 1. The lowest BCUT2D eigenvalue weighted by atomic mass is 9.73. The molecule has 0 saturated carbocycles. The number of ether oxygens (including phenoxy) is 2. The van der Waals surface area contributed by atoms with Crippen LogP contribution in [0.25, 0.3) is 0 Å². The Morgan fingerprint density at radius 2 is 1.83 bits per heavy atom. The Hall–Kier alpha value is -3.06. The largest absolute Gasteiger partial charge is 0.497 e. The minimum absolute atomic E-state index is 0.114. The van der Waals surface area contributed by atoms with E-state index in [0.717, 1.165) is 63.9 Å². The van der Waals surface area contributed by atoms with Gasteiger partial charge in [0.2, 0.25) is 5.91 Å². The first kappa shape index (κ1) is 26.0. The van der Waals surface area contributed by atoms with E-state index in [2.05, 4.69) is 27.7 Å². The average Bonchev–Trinajstić information content (AvgIpc) is 2.90. The van der Waals surface area contributed by atoms with Gasteiger partial charge in [-0.3, -0.25) is 14.5 Å². The van der Waals surface area contributed by atoms with Gasteiger partial charge in [-0.25, -0.2) is 0 Å². The van der Waals surface area contributed by atoms with Gasteiger partial charge in [-0.1, -0.05) is 37.1 Å². The van der Waals surface area contributed by atoms with Gasteiger partial charge in [0.15, 0.2) is 0 Å². The summed E-state index contributed by atoms with van der Waals surface area (Å²) in [6, 6.07) is 15.3. The maximum atomic E-state index is 13.6. The molecule has 7 heteroatoms. The second-order valence-corrected chi connectivity index (χ2v) is 10.2. The average molecular weight is 494 g/mol. The minimum Gasteiger partial charge on any atom is -0.497 e. The molecule has 2 aliphatic heterocycles. The van der Waals surface area contributed by atoms with Gasteiger partial charge in [0.25, 0.3) is 5.91 Å². The molecular formula is C29H39N3O4. The van der Waals surface area contributed by atoms with E-state index >= 15 is 0 Å². The number of hydrogen-bond acceptors (Lipinski definition) is 5. The van der Waals surface area contributed by atoms with Crippen LogP contribution in [0.3, 0.4) is 0 Å². The lowest BCUT2D eigenvalue weighted by Crippen LogP contribution is -2.51. The molecule has 7 nitrogen and oxygen atoms in total. The van der Waals surface area contributed by atoms with Crippen LogP contribution in [-0.4, -0.2) is 56.1 Å². The Bertz CT molecular complexity index is 1030. The van der Waals surface area contributed by atoms with Crippen molar-refractivity contribution >= 4 is 11.8 Å². The van der Waals surface area contributed by atoms with Gasteiger partial charge in [0.1, 0.15) is 18.1 Å². The van der Waals surface area contributed by atoms with Gasteiger partial charge in [-0.2, -0.15) is 0 Å². The first-order valence-electron chi connectivity index (χ1n) is 13.2. The molecule has 2 aliphatic rings. The van der Waals surface area contributed by atoms with Gasteiger partial charge in [-0.15, -0.1) is 0 Å². The van der Waals surface area contributed by atoms with Gasteiger partial charge >= 0.3 is 0 Å². The molecule has 194 valence electrons. The van der Waals surface area contributed by atoms with Gasteiger partial charge < -0.3 is 20.1 Å².